The maximum atomic E-state index is 13.5. The second-order valence-corrected chi connectivity index (χ2v) is 10.9. The third kappa shape index (κ3) is 5.33. The van der Waals surface area contributed by atoms with E-state index in [4.69, 9.17) is 4.74 Å². The van der Waals surface area contributed by atoms with E-state index in [0.717, 1.165) is 11.3 Å². The Bertz CT molecular complexity index is 1050. The second-order valence-electron chi connectivity index (χ2n) is 9.03. The summed E-state index contributed by atoms with van der Waals surface area (Å²) in [5.74, 6) is 0.388. The number of anilines is 1. The lowest BCUT2D eigenvalue weighted by Crippen LogP contribution is -2.43. The highest BCUT2D eigenvalue weighted by molar-refractivity contribution is 7.89. The van der Waals surface area contributed by atoms with Crippen LogP contribution in [-0.2, 0) is 14.8 Å². The molecule has 0 saturated carbocycles. The molecule has 0 unspecified atom stereocenters. The van der Waals surface area contributed by atoms with Crippen molar-refractivity contribution < 1.29 is 17.9 Å². The maximum Gasteiger partial charge on any atom is 0.246 e. The predicted molar refractivity (Wildman–Crippen MR) is 128 cm³/mol. The standard InChI is InChI=1S/C25H34N2O4S/c1-17(2)19-8-11-22(12-9-19)26-25(28)21-7-6-14-27(16-21)32(29,30)24-15-20(18(3)4)10-13-23(24)31-5/h8-13,15,17-18,21H,6-7,14,16H2,1-5H3,(H,26,28)/t21-/m0/s1. The molecule has 1 amide bonds. The monoisotopic (exact) mass is 458 g/mol. The Morgan fingerprint density at radius 1 is 1.03 bits per heavy atom. The number of amides is 1. The summed E-state index contributed by atoms with van der Waals surface area (Å²) >= 11 is 0. The molecule has 2 aromatic rings. The van der Waals surface area contributed by atoms with Gasteiger partial charge in [-0.3, -0.25) is 4.79 Å². The summed E-state index contributed by atoms with van der Waals surface area (Å²) < 4.78 is 33.7. The quantitative estimate of drug-likeness (QED) is 0.635. The first kappa shape index (κ1) is 24.3. The average molecular weight is 459 g/mol. The van der Waals surface area contributed by atoms with E-state index in [9.17, 15) is 13.2 Å². The zero-order chi connectivity index (χ0) is 23.5. The smallest absolute Gasteiger partial charge is 0.246 e. The van der Waals surface area contributed by atoms with Gasteiger partial charge in [0.25, 0.3) is 0 Å². The SMILES string of the molecule is COc1ccc(C(C)C)cc1S(=O)(=O)N1CCC[C@H](C(=O)Nc2ccc(C(C)C)cc2)C1. The first-order chi connectivity index (χ1) is 15.1. The van der Waals surface area contributed by atoms with Crippen molar-refractivity contribution in [2.24, 2.45) is 5.92 Å². The van der Waals surface area contributed by atoms with Gasteiger partial charge in [0.2, 0.25) is 15.9 Å². The molecule has 32 heavy (non-hydrogen) atoms. The number of nitrogens with one attached hydrogen (secondary N) is 1. The molecule has 0 aromatic heterocycles. The minimum Gasteiger partial charge on any atom is -0.495 e. The van der Waals surface area contributed by atoms with Crippen molar-refractivity contribution in [1.82, 2.24) is 4.31 Å². The van der Waals surface area contributed by atoms with Crippen LogP contribution < -0.4 is 10.1 Å². The number of sulfonamides is 1. The molecule has 7 heteroatoms. The van der Waals surface area contributed by atoms with Crippen molar-refractivity contribution in [3.05, 3.63) is 53.6 Å². The fourth-order valence-electron chi connectivity index (χ4n) is 3.96. The molecule has 1 N–H and O–H groups in total. The zero-order valence-corrected chi connectivity index (χ0v) is 20.4. The van der Waals surface area contributed by atoms with Crippen molar-refractivity contribution in [3.63, 3.8) is 0 Å². The van der Waals surface area contributed by atoms with Crippen LogP contribution >= 0.6 is 0 Å². The lowest BCUT2D eigenvalue weighted by atomic mass is 9.98. The summed E-state index contributed by atoms with van der Waals surface area (Å²) in [7, 11) is -2.31. The second kappa shape index (κ2) is 10.0. The van der Waals surface area contributed by atoms with Crippen molar-refractivity contribution in [2.45, 2.75) is 57.3 Å². The molecule has 1 heterocycles. The van der Waals surface area contributed by atoms with Gasteiger partial charge in [-0.2, -0.15) is 4.31 Å². The summed E-state index contributed by atoms with van der Waals surface area (Å²) in [5.41, 5.74) is 2.86. The molecular formula is C25H34N2O4S. The lowest BCUT2D eigenvalue weighted by molar-refractivity contribution is -0.120. The van der Waals surface area contributed by atoms with Crippen molar-refractivity contribution in [3.8, 4) is 5.75 Å². The fraction of sp³-hybridized carbons (Fsp3) is 0.480. The van der Waals surface area contributed by atoms with Gasteiger partial charge in [0.15, 0.2) is 0 Å². The zero-order valence-electron chi connectivity index (χ0n) is 19.6. The van der Waals surface area contributed by atoms with Gasteiger partial charge in [0, 0.05) is 18.8 Å². The van der Waals surface area contributed by atoms with Crippen LogP contribution in [0.25, 0.3) is 0 Å². The predicted octanol–water partition coefficient (Wildman–Crippen LogP) is 4.98. The van der Waals surface area contributed by atoms with E-state index in [1.54, 1.807) is 12.1 Å². The highest BCUT2D eigenvalue weighted by atomic mass is 32.2. The molecule has 0 bridgehead atoms. The van der Waals surface area contributed by atoms with Crippen LogP contribution in [0.2, 0.25) is 0 Å². The Balaban J connectivity index is 1.77. The number of rotatable bonds is 7. The number of nitrogens with zero attached hydrogens (tertiary/aromatic N) is 1. The van der Waals surface area contributed by atoms with E-state index in [2.05, 4.69) is 19.2 Å². The van der Waals surface area contributed by atoms with Crippen LogP contribution in [0.1, 0.15) is 63.5 Å². The highest BCUT2D eigenvalue weighted by Gasteiger charge is 2.35. The number of benzene rings is 2. The van der Waals surface area contributed by atoms with Crippen LogP contribution in [-0.4, -0.2) is 38.8 Å². The van der Waals surface area contributed by atoms with Crippen LogP contribution in [0.5, 0.6) is 5.75 Å². The fourth-order valence-corrected chi connectivity index (χ4v) is 5.68. The Labute approximate surface area is 192 Å². The third-order valence-corrected chi connectivity index (χ3v) is 7.96. The molecule has 1 atom stereocenters. The number of carbonyl (C=O) groups is 1. The molecule has 0 spiro atoms. The molecule has 1 saturated heterocycles. The number of carbonyl (C=O) groups excluding carboxylic acids is 1. The summed E-state index contributed by atoms with van der Waals surface area (Å²) in [4.78, 5) is 13.1. The normalized spacial score (nSPS) is 17.5. The van der Waals surface area contributed by atoms with Gasteiger partial charge < -0.3 is 10.1 Å². The molecule has 2 aromatic carbocycles. The van der Waals surface area contributed by atoms with Gasteiger partial charge in [-0.15, -0.1) is 0 Å². The Morgan fingerprint density at radius 3 is 2.25 bits per heavy atom. The van der Waals surface area contributed by atoms with Crippen molar-refractivity contribution in [1.29, 1.82) is 0 Å². The molecule has 0 radical (unpaired) electrons. The summed E-state index contributed by atoms with van der Waals surface area (Å²) in [5, 5.41) is 2.95. The Kier molecular flexibility index (Phi) is 7.62. The first-order valence-electron chi connectivity index (χ1n) is 11.2. The average Bonchev–Trinajstić information content (AvgIpc) is 2.79. The molecule has 3 rings (SSSR count). The molecule has 1 aliphatic heterocycles. The van der Waals surface area contributed by atoms with Gasteiger partial charge in [-0.1, -0.05) is 45.9 Å². The molecule has 174 valence electrons. The van der Waals surface area contributed by atoms with E-state index in [1.807, 2.05) is 44.2 Å². The van der Waals surface area contributed by atoms with Crippen molar-refractivity contribution in [2.75, 3.05) is 25.5 Å². The van der Waals surface area contributed by atoms with Gasteiger partial charge in [-0.05, 0) is 60.1 Å². The number of methoxy groups -OCH3 is 1. The molecule has 1 fully saturated rings. The Morgan fingerprint density at radius 2 is 1.66 bits per heavy atom. The van der Waals surface area contributed by atoms with E-state index < -0.39 is 15.9 Å². The number of ether oxygens (including phenoxy) is 1. The van der Waals surface area contributed by atoms with Crippen molar-refractivity contribution >= 4 is 21.6 Å². The van der Waals surface area contributed by atoms with Crippen LogP contribution in [0, 0.1) is 5.92 Å². The van der Waals surface area contributed by atoms with Crippen LogP contribution in [0.15, 0.2) is 47.4 Å². The number of piperidine rings is 1. The van der Waals surface area contributed by atoms with Gasteiger partial charge in [-0.25, -0.2) is 8.42 Å². The molecule has 0 aliphatic carbocycles. The van der Waals surface area contributed by atoms with Crippen LogP contribution in [0.3, 0.4) is 0 Å². The lowest BCUT2D eigenvalue weighted by Gasteiger charge is -2.31. The first-order valence-corrected chi connectivity index (χ1v) is 12.7. The third-order valence-electron chi connectivity index (χ3n) is 6.07. The maximum absolute atomic E-state index is 13.5. The van der Waals surface area contributed by atoms with E-state index in [-0.39, 0.29) is 23.3 Å². The van der Waals surface area contributed by atoms with E-state index in [1.165, 1.54) is 17.0 Å². The van der Waals surface area contributed by atoms with E-state index >= 15 is 0 Å². The van der Waals surface area contributed by atoms with E-state index in [0.29, 0.717) is 31.1 Å². The summed E-state index contributed by atoms with van der Waals surface area (Å²) in [6.07, 6.45) is 1.29. The van der Waals surface area contributed by atoms with Gasteiger partial charge in [0.05, 0.1) is 13.0 Å². The number of hydrogen-bond acceptors (Lipinski definition) is 4. The Hall–Kier alpha value is -2.38. The van der Waals surface area contributed by atoms with Crippen LogP contribution in [0.4, 0.5) is 5.69 Å². The minimum atomic E-state index is -3.79. The largest absolute Gasteiger partial charge is 0.495 e. The minimum absolute atomic E-state index is 0.148. The van der Waals surface area contributed by atoms with Gasteiger partial charge in [0.1, 0.15) is 10.6 Å². The number of hydrogen-bond donors (Lipinski definition) is 1. The molecule has 1 aliphatic rings. The highest BCUT2D eigenvalue weighted by Crippen LogP contribution is 2.32. The van der Waals surface area contributed by atoms with Gasteiger partial charge >= 0.3 is 0 Å². The molecule has 6 nitrogen and oxygen atoms in total. The topological polar surface area (TPSA) is 75.7 Å². The summed E-state index contributed by atoms with van der Waals surface area (Å²) in [6, 6.07) is 13.1. The molecular weight excluding hydrogens is 424 g/mol. The summed E-state index contributed by atoms with van der Waals surface area (Å²) in [6.45, 7) is 8.84.